The summed E-state index contributed by atoms with van der Waals surface area (Å²) in [4.78, 5) is 29.5. The van der Waals surface area contributed by atoms with E-state index < -0.39 is 23.7 Å². The highest BCUT2D eigenvalue weighted by molar-refractivity contribution is 5.95. The van der Waals surface area contributed by atoms with E-state index in [1.165, 1.54) is 36.4 Å². The third-order valence-corrected chi connectivity index (χ3v) is 6.40. The number of nitrogens with zero attached hydrogens (tertiary/aromatic N) is 2. The van der Waals surface area contributed by atoms with E-state index in [1.54, 1.807) is 9.80 Å². The third kappa shape index (κ3) is 5.58. The fraction of sp³-hybridized carbons (Fsp3) is 0.440. The molecule has 0 bridgehead atoms. The zero-order valence-electron chi connectivity index (χ0n) is 18.6. The summed E-state index contributed by atoms with van der Waals surface area (Å²) in [7, 11) is 0. The summed E-state index contributed by atoms with van der Waals surface area (Å²) in [5.74, 6) is -1.00. The predicted molar refractivity (Wildman–Crippen MR) is 117 cm³/mol. The Bertz CT molecular complexity index is 1000. The molecule has 2 aliphatic rings. The predicted octanol–water partition coefficient (Wildman–Crippen LogP) is 4.77. The lowest BCUT2D eigenvalue weighted by Gasteiger charge is -2.38. The van der Waals surface area contributed by atoms with E-state index >= 15 is 0 Å². The zero-order valence-corrected chi connectivity index (χ0v) is 18.6. The number of carbonyl (C=O) groups excluding carboxylic acids is 2. The van der Waals surface area contributed by atoms with Gasteiger partial charge in [0.2, 0.25) is 0 Å². The van der Waals surface area contributed by atoms with Crippen molar-refractivity contribution < 1.29 is 31.9 Å². The molecular weight excluding hydrogens is 452 g/mol. The molecule has 2 aromatic rings. The summed E-state index contributed by atoms with van der Waals surface area (Å²) < 4.78 is 57.6. The van der Waals surface area contributed by atoms with Crippen molar-refractivity contribution in [2.45, 2.75) is 44.0 Å². The minimum atomic E-state index is -4.47. The highest BCUT2D eigenvalue weighted by atomic mass is 19.4. The van der Waals surface area contributed by atoms with Crippen LogP contribution in [0.3, 0.4) is 0 Å². The first-order valence-corrected chi connectivity index (χ1v) is 11.4. The van der Waals surface area contributed by atoms with E-state index in [-0.39, 0.29) is 43.1 Å². The van der Waals surface area contributed by atoms with Gasteiger partial charge in [-0.05, 0) is 61.4 Å². The maximum absolute atomic E-state index is 13.3. The highest BCUT2D eigenvalue weighted by Crippen LogP contribution is 2.30. The molecule has 5 nitrogen and oxygen atoms in total. The minimum Gasteiger partial charge on any atom is -0.373 e. The average molecular weight is 478 g/mol. The van der Waals surface area contributed by atoms with Crippen LogP contribution in [0.15, 0.2) is 48.5 Å². The van der Waals surface area contributed by atoms with Crippen LogP contribution in [0, 0.1) is 5.82 Å². The second-order valence-corrected chi connectivity index (χ2v) is 8.72. The molecule has 2 aromatic carbocycles. The summed E-state index contributed by atoms with van der Waals surface area (Å²) in [5, 5.41) is 0. The van der Waals surface area contributed by atoms with Crippen LogP contribution in [0.2, 0.25) is 0 Å². The number of benzene rings is 2. The lowest BCUT2D eigenvalue weighted by Crippen LogP contribution is -2.52. The maximum atomic E-state index is 13.3. The first kappa shape index (κ1) is 24.2. The number of morpholine rings is 1. The molecule has 4 rings (SSSR count). The van der Waals surface area contributed by atoms with Crippen molar-refractivity contribution in [2.24, 2.45) is 0 Å². The van der Waals surface area contributed by atoms with E-state index in [9.17, 15) is 27.2 Å². The van der Waals surface area contributed by atoms with Gasteiger partial charge in [-0.2, -0.15) is 13.2 Å². The topological polar surface area (TPSA) is 49.9 Å². The molecule has 182 valence electrons. The lowest BCUT2D eigenvalue weighted by atomic mass is 10.1. The van der Waals surface area contributed by atoms with E-state index in [0.717, 1.165) is 37.8 Å². The summed E-state index contributed by atoms with van der Waals surface area (Å²) >= 11 is 0. The van der Waals surface area contributed by atoms with Crippen molar-refractivity contribution in [1.82, 2.24) is 9.80 Å². The normalized spacial score (nSPS) is 19.3. The molecule has 1 saturated heterocycles. The quantitative estimate of drug-likeness (QED) is 0.582. The van der Waals surface area contributed by atoms with Gasteiger partial charge in [-0.1, -0.05) is 12.8 Å². The van der Waals surface area contributed by atoms with Crippen LogP contribution in [-0.2, 0) is 10.9 Å². The molecule has 0 aromatic heterocycles. The monoisotopic (exact) mass is 478 g/mol. The Labute approximate surface area is 195 Å². The molecule has 34 heavy (non-hydrogen) atoms. The molecule has 0 N–H and O–H groups in total. The van der Waals surface area contributed by atoms with Gasteiger partial charge < -0.3 is 14.5 Å². The van der Waals surface area contributed by atoms with Gasteiger partial charge in [0.25, 0.3) is 11.8 Å². The Balaban J connectivity index is 1.45. The van der Waals surface area contributed by atoms with Crippen LogP contribution in [0.1, 0.15) is 52.0 Å². The van der Waals surface area contributed by atoms with Gasteiger partial charge in [0.05, 0.1) is 18.3 Å². The summed E-state index contributed by atoms with van der Waals surface area (Å²) in [6.07, 6.45) is -1.13. The standard InChI is InChI=1S/C25H26F4N2O3/c26-20-11-7-18(8-12-20)24(33)31(21-3-1-2-4-21)16-22-15-30(13-14-34-22)23(32)17-5-9-19(10-6-17)25(27,28)29/h5-12,21-22H,1-4,13-16H2. The number of ether oxygens (including phenoxy) is 1. The van der Waals surface area contributed by atoms with Gasteiger partial charge in [-0.3, -0.25) is 9.59 Å². The molecule has 1 aliphatic carbocycles. The molecule has 0 spiro atoms. The third-order valence-electron chi connectivity index (χ3n) is 6.40. The number of hydrogen-bond acceptors (Lipinski definition) is 3. The minimum absolute atomic E-state index is 0.0437. The van der Waals surface area contributed by atoms with Gasteiger partial charge in [0, 0.05) is 36.8 Å². The van der Waals surface area contributed by atoms with Gasteiger partial charge in [0.1, 0.15) is 5.82 Å². The zero-order chi connectivity index (χ0) is 24.3. The van der Waals surface area contributed by atoms with E-state index in [4.69, 9.17) is 4.74 Å². The van der Waals surface area contributed by atoms with Gasteiger partial charge >= 0.3 is 6.18 Å². The molecule has 2 amide bonds. The molecule has 1 saturated carbocycles. The Morgan fingerprint density at radius 2 is 1.59 bits per heavy atom. The van der Waals surface area contributed by atoms with E-state index in [0.29, 0.717) is 12.1 Å². The Morgan fingerprint density at radius 3 is 2.21 bits per heavy atom. The summed E-state index contributed by atoms with van der Waals surface area (Å²) in [6, 6.07) is 9.62. The second kappa shape index (κ2) is 10.1. The molecule has 2 fully saturated rings. The van der Waals surface area contributed by atoms with Crippen molar-refractivity contribution in [3.05, 3.63) is 71.0 Å². The van der Waals surface area contributed by atoms with Crippen molar-refractivity contribution >= 4 is 11.8 Å². The van der Waals surface area contributed by atoms with Crippen LogP contribution >= 0.6 is 0 Å². The molecule has 0 radical (unpaired) electrons. The average Bonchev–Trinajstić information content (AvgIpc) is 3.36. The van der Waals surface area contributed by atoms with Crippen LogP contribution in [0.4, 0.5) is 17.6 Å². The van der Waals surface area contributed by atoms with Gasteiger partial charge in [-0.15, -0.1) is 0 Å². The molecule has 1 aliphatic heterocycles. The first-order valence-electron chi connectivity index (χ1n) is 11.4. The van der Waals surface area contributed by atoms with Crippen LogP contribution in [0.25, 0.3) is 0 Å². The van der Waals surface area contributed by atoms with Crippen molar-refractivity contribution in [3.8, 4) is 0 Å². The van der Waals surface area contributed by atoms with Gasteiger partial charge in [-0.25, -0.2) is 4.39 Å². The number of carbonyl (C=O) groups is 2. The summed E-state index contributed by atoms with van der Waals surface area (Å²) in [6.45, 7) is 1.07. The van der Waals surface area contributed by atoms with Crippen LogP contribution < -0.4 is 0 Å². The number of rotatable bonds is 5. The van der Waals surface area contributed by atoms with Gasteiger partial charge in [0.15, 0.2) is 0 Å². The number of alkyl halides is 3. The lowest BCUT2D eigenvalue weighted by molar-refractivity contribution is -0.137. The van der Waals surface area contributed by atoms with Crippen molar-refractivity contribution in [1.29, 1.82) is 0 Å². The smallest absolute Gasteiger partial charge is 0.373 e. The maximum Gasteiger partial charge on any atom is 0.416 e. The van der Waals surface area contributed by atoms with Crippen LogP contribution in [0.5, 0.6) is 0 Å². The van der Waals surface area contributed by atoms with E-state index in [2.05, 4.69) is 0 Å². The Morgan fingerprint density at radius 1 is 0.971 bits per heavy atom. The van der Waals surface area contributed by atoms with Crippen molar-refractivity contribution in [3.63, 3.8) is 0 Å². The molecule has 1 atom stereocenters. The molecule has 1 unspecified atom stereocenters. The highest BCUT2D eigenvalue weighted by Gasteiger charge is 2.34. The second-order valence-electron chi connectivity index (χ2n) is 8.72. The Kier molecular flexibility index (Phi) is 7.21. The van der Waals surface area contributed by atoms with Crippen LogP contribution in [-0.4, -0.2) is 60.0 Å². The number of hydrogen-bond donors (Lipinski definition) is 0. The van der Waals surface area contributed by atoms with E-state index in [1.807, 2.05) is 0 Å². The first-order chi connectivity index (χ1) is 16.2. The molecular formula is C25H26F4N2O3. The SMILES string of the molecule is O=C(c1ccc(C(F)(F)F)cc1)N1CCOC(CN(C(=O)c2ccc(F)cc2)C2CCCC2)C1. The Hall–Kier alpha value is -2.94. The molecule has 1 heterocycles. The number of amides is 2. The fourth-order valence-electron chi connectivity index (χ4n) is 4.59. The van der Waals surface area contributed by atoms with Crippen molar-refractivity contribution in [2.75, 3.05) is 26.2 Å². The fourth-order valence-corrected chi connectivity index (χ4v) is 4.59. The molecule has 9 heteroatoms. The summed E-state index contributed by atoms with van der Waals surface area (Å²) in [5.41, 5.74) is -0.249. The number of halogens is 4. The largest absolute Gasteiger partial charge is 0.416 e.